The first-order chi connectivity index (χ1) is 10.6. The number of anilines is 1. The Morgan fingerprint density at radius 2 is 1.86 bits per heavy atom. The fraction of sp³-hybridized carbons (Fsp3) is 0.588. The van der Waals surface area contributed by atoms with Crippen molar-refractivity contribution in [3.63, 3.8) is 0 Å². The molecule has 0 unspecified atom stereocenters. The topological polar surface area (TPSA) is 41.6 Å². The van der Waals surface area contributed by atoms with Crippen molar-refractivity contribution < 1.29 is 9.53 Å². The highest BCUT2D eigenvalue weighted by atomic mass is 127. The monoisotopic (exact) mass is 418 g/mol. The van der Waals surface area contributed by atoms with Gasteiger partial charge in [-0.05, 0) is 35.3 Å². The number of ether oxygens (including phenoxy) is 1. The van der Waals surface area contributed by atoms with E-state index in [9.17, 15) is 4.79 Å². The molecule has 0 spiro atoms. The molecule has 0 heterocycles. The molecular formula is C17H27IN2O2. The lowest BCUT2D eigenvalue weighted by Gasteiger charge is -2.25. The second kappa shape index (κ2) is 9.92. The molecule has 4 nitrogen and oxygen atoms in total. The first-order valence-corrected chi connectivity index (χ1v) is 9.86. The number of alkyl halides is 1. The van der Waals surface area contributed by atoms with Crippen molar-refractivity contribution >= 4 is 34.4 Å². The maximum absolute atomic E-state index is 11.6. The number of benzene rings is 1. The number of carbonyl (C=O) groups is 1. The number of nitrogens with zero attached hydrogens (tertiary/aromatic N) is 1. The van der Waals surface area contributed by atoms with Crippen molar-refractivity contribution in [3.8, 4) is 5.75 Å². The lowest BCUT2D eigenvalue weighted by Crippen LogP contribution is -2.23. The van der Waals surface area contributed by atoms with Gasteiger partial charge in [0.05, 0.1) is 0 Å². The minimum absolute atomic E-state index is 0.405. The molecule has 1 aromatic carbocycles. The van der Waals surface area contributed by atoms with E-state index in [4.69, 9.17) is 4.74 Å². The molecule has 1 aromatic rings. The molecule has 22 heavy (non-hydrogen) atoms. The van der Waals surface area contributed by atoms with Crippen LogP contribution in [0.2, 0.25) is 0 Å². The number of amides is 1. The zero-order chi connectivity index (χ0) is 16.5. The van der Waals surface area contributed by atoms with E-state index in [-0.39, 0.29) is 0 Å². The number of carbonyl (C=O) groups excluding carboxylic acids is 1. The van der Waals surface area contributed by atoms with Crippen molar-refractivity contribution in [1.82, 2.24) is 5.32 Å². The van der Waals surface area contributed by atoms with E-state index < -0.39 is 6.09 Å². The largest absolute Gasteiger partial charge is 0.412 e. The van der Waals surface area contributed by atoms with Crippen LogP contribution in [-0.4, -0.2) is 32.2 Å². The summed E-state index contributed by atoms with van der Waals surface area (Å²) in [5, 5.41) is 2.52. The van der Waals surface area contributed by atoms with Crippen LogP contribution in [-0.2, 0) is 0 Å². The van der Waals surface area contributed by atoms with E-state index in [0.29, 0.717) is 11.7 Å². The highest BCUT2D eigenvalue weighted by molar-refractivity contribution is 14.1. The normalized spacial score (nSPS) is 14.6. The summed E-state index contributed by atoms with van der Waals surface area (Å²) in [5.74, 6) is 1.21. The summed E-state index contributed by atoms with van der Waals surface area (Å²) in [5.41, 5.74) is 2.21. The van der Waals surface area contributed by atoms with Gasteiger partial charge < -0.3 is 15.0 Å². The standard InChI is InChI=1S/C16H24N2O2.CH3I/c1-17-16(19)20-15-11-13(18(2)3)9-10-14(15)12-7-5-4-6-8-12;1-2/h9-12H,4-8H2,1-3H3,(H,17,19);1H3. The van der Waals surface area contributed by atoms with E-state index >= 15 is 0 Å². The SMILES string of the molecule is CI.CNC(=O)Oc1cc(N(C)C)ccc1C1CCCCC1. The average Bonchev–Trinajstić information content (AvgIpc) is 2.57. The van der Waals surface area contributed by atoms with Crippen LogP contribution >= 0.6 is 22.6 Å². The Morgan fingerprint density at radius 3 is 2.41 bits per heavy atom. The second-order valence-electron chi connectivity index (χ2n) is 5.59. The van der Waals surface area contributed by atoms with Crippen LogP contribution in [0.3, 0.4) is 0 Å². The Labute approximate surface area is 147 Å². The molecule has 0 bridgehead atoms. The predicted octanol–water partition coefficient (Wildman–Crippen LogP) is 4.57. The number of hydrogen-bond acceptors (Lipinski definition) is 3. The van der Waals surface area contributed by atoms with E-state index in [2.05, 4.69) is 40.0 Å². The van der Waals surface area contributed by atoms with E-state index in [1.54, 1.807) is 7.05 Å². The van der Waals surface area contributed by atoms with Crippen LogP contribution in [0.1, 0.15) is 43.6 Å². The summed E-state index contributed by atoms with van der Waals surface area (Å²) < 4.78 is 5.46. The molecule has 0 atom stereocenters. The Balaban J connectivity index is 0.00000116. The Bertz CT molecular complexity index is 472. The van der Waals surface area contributed by atoms with Gasteiger partial charge in [-0.1, -0.05) is 47.9 Å². The third-order valence-corrected chi connectivity index (χ3v) is 3.97. The van der Waals surface area contributed by atoms with E-state index in [1.807, 2.05) is 30.0 Å². The third kappa shape index (κ3) is 5.34. The molecule has 1 saturated carbocycles. The van der Waals surface area contributed by atoms with Crippen molar-refractivity contribution in [2.75, 3.05) is 31.0 Å². The van der Waals surface area contributed by atoms with Gasteiger partial charge in [0.1, 0.15) is 5.75 Å². The molecular weight excluding hydrogens is 391 g/mol. The maximum atomic E-state index is 11.6. The van der Waals surface area contributed by atoms with Gasteiger partial charge in [0, 0.05) is 32.9 Å². The maximum Gasteiger partial charge on any atom is 0.412 e. The quantitative estimate of drug-likeness (QED) is 0.578. The average molecular weight is 418 g/mol. The van der Waals surface area contributed by atoms with Crippen LogP contribution < -0.4 is 15.0 Å². The Kier molecular flexibility index (Phi) is 8.60. The lowest BCUT2D eigenvalue weighted by atomic mass is 9.83. The molecule has 1 aliphatic rings. The fourth-order valence-electron chi connectivity index (χ4n) is 2.79. The van der Waals surface area contributed by atoms with Gasteiger partial charge in [0.15, 0.2) is 0 Å². The Morgan fingerprint density at radius 1 is 1.23 bits per heavy atom. The minimum Gasteiger partial charge on any atom is -0.410 e. The summed E-state index contributed by atoms with van der Waals surface area (Å²) in [6.07, 6.45) is 5.81. The van der Waals surface area contributed by atoms with Crippen molar-refractivity contribution in [2.24, 2.45) is 0 Å². The van der Waals surface area contributed by atoms with Crippen LogP contribution in [0.4, 0.5) is 10.5 Å². The van der Waals surface area contributed by atoms with Crippen LogP contribution in [0.5, 0.6) is 5.75 Å². The van der Waals surface area contributed by atoms with Crippen molar-refractivity contribution in [2.45, 2.75) is 38.0 Å². The molecule has 1 N–H and O–H groups in total. The molecule has 0 aliphatic heterocycles. The molecule has 0 aromatic heterocycles. The van der Waals surface area contributed by atoms with E-state index in [0.717, 1.165) is 5.69 Å². The summed E-state index contributed by atoms with van der Waals surface area (Å²) in [6, 6.07) is 6.17. The summed E-state index contributed by atoms with van der Waals surface area (Å²) in [7, 11) is 5.55. The van der Waals surface area contributed by atoms with E-state index in [1.165, 1.54) is 37.7 Å². The predicted molar refractivity (Wildman–Crippen MR) is 102 cm³/mol. The van der Waals surface area contributed by atoms with Crippen molar-refractivity contribution in [1.29, 1.82) is 0 Å². The minimum atomic E-state index is -0.405. The van der Waals surface area contributed by atoms with Gasteiger partial charge in [-0.3, -0.25) is 0 Å². The number of halogens is 1. The highest BCUT2D eigenvalue weighted by Crippen LogP contribution is 2.39. The molecule has 0 saturated heterocycles. The van der Waals surface area contributed by atoms with Crippen LogP contribution in [0.25, 0.3) is 0 Å². The summed E-state index contributed by atoms with van der Waals surface area (Å²) >= 11 is 2.15. The molecule has 1 amide bonds. The smallest absolute Gasteiger partial charge is 0.410 e. The van der Waals surface area contributed by atoms with Crippen LogP contribution in [0.15, 0.2) is 18.2 Å². The zero-order valence-corrected chi connectivity index (χ0v) is 16.1. The second-order valence-corrected chi connectivity index (χ2v) is 5.59. The molecule has 1 aliphatic carbocycles. The van der Waals surface area contributed by atoms with Crippen molar-refractivity contribution in [3.05, 3.63) is 23.8 Å². The lowest BCUT2D eigenvalue weighted by molar-refractivity contribution is 0.202. The summed E-state index contributed by atoms with van der Waals surface area (Å²) in [4.78, 5) is 15.5. The molecule has 2 rings (SSSR count). The van der Waals surface area contributed by atoms with Gasteiger partial charge in [0.2, 0.25) is 0 Å². The molecule has 124 valence electrons. The van der Waals surface area contributed by atoms with Crippen LogP contribution in [0, 0.1) is 0 Å². The van der Waals surface area contributed by atoms with Gasteiger partial charge in [-0.25, -0.2) is 4.79 Å². The Hall–Kier alpha value is -0.980. The fourth-order valence-corrected chi connectivity index (χ4v) is 2.79. The third-order valence-electron chi connectivity index (χ3n) is 3.97. The summed E-state index contributed by atoms with van der Waals surface area (Å²) in [6.45, 7) is 0. The van der Waals surface area contributed by atoms with Gasteiger partial charge in [0.25, 0.3) is 0 Å². The number of hydrogen-bond donors (Lipinski definition) is 1. The zero-order valence-electron chi connectivity index (χ0n) is 14.0. The van der Waals surface area contributed by atoms with Gasteiger partial charge >= 0.3 is 6.09 Å². The molecule has 0 radical (unpaired) electrons. The molecule has 1 fully saturated rings. The highest BCUT2D eigenvalue weighted by Gasteiger charge is 2.21. The number of nitrogens with one attached hydrogen (secondary N) is 1. The first-order valence-electron chi connectivity index (χ1n) is 7.70. The van der Waals surface area contributed by atoms with Gasteiger partial charge in [-0.15, -0.1) is 0 Å². The number of rotatable bonds is 3. The molecule has 5 heteroatoms. The first kappa shape index (κ1) is 19.1. The van der Waals surface area contributed by atoms with Gasteiger partial charge in [-0.2, -0.15) is 0 Å².